The van der Waals surface area contributed by atoms with Crippen LogP contribution in [0.5, 0.6) is 0 Å². The highest BCUT2D eigenvalue weighted by Gasteiger charge is 2.39. The molecule has 8 nitrogen and oxygen atoms in total. The van der Waals surface area contributed by atoms with Gasteiger partial charge in [0.25, 0.3) is 0 Å². The van der Waals surface area contributed by atoms with Crippen molar-refractivity contribution in [1.29, 1.82) is 0 Å². The van der Waals surface area contributed by atoms with E-state index < -0.39 is 23.2 Å². The lowest BCUT2D eigenvalue weighted by molar-refractivity contribution is 0.200. The molecule has 0 aromatic rings. The lowest BCUT2D eigenvalue weighted by Crippen LogP contribution is -2.57. The van der Waals surface area contributed by atoms with Crippen LogP contribution in [0.15, 0.2) is 10.4 Å². The second kappa shape index (κ2) is 9.50. The van der Waals surface area contributed by atoms with E-state index in [0.29, 0.717) is 6.42 Å². The SMILES string of the molecule is CNCCN1CCNC(C)(C)C(N=O)CC(N=O)C(C)(C)NCC1. The summed E-state index contributed by atoms with van der Waals surface area (Å²) in [6, 6.07) is -1.02. The number of likely N-dealkylation sites (N-methyl/N-ethyl adjacent to an activating group) is 1. The van der Waals surface area contributed by atoms with Gasteiger partial charge in [-0.3, -0.25) is 4.90 Å². The number of rotatable bonds is 5. The Bertz CT molecular complexity index is 370. The van der Waals surface area contributed by atoms with Crippen LogP contribution in [0.2, 0.25) is 0 Å². The summed E-state index contributed by atoms with van der Waals surface area (Å²) < 4.78 is 0. The minimum Gasteiger partial charge on any atom is -0.318 e. The summed E-state index contributed by atoms with van der Waals surface area (Å²) in [5, 5.41) is 16.6. The molecule has 1 saturated heterocycles. The van der Waals surface area contributed by atoms with Gasteiger partial charge in [0.15, 0.2) is 0 Å². The fraction of sp³-hybridized carbons (Fsp3) is 1.00. The molecule has 0 amide bonds. The molecule has 0 spiro atoms. The van der Waals surface area contributed by atoms with E-state index >= 15 is 0 Å². The standard InChI is InChI=1S/C16H34N6O2/c1-15(2)13(20-23)12-14(21-24)16(3,4)19-8-11-22(9-6-17-5)10-7-18-15/h13-14,17-19H,6-12H2,1-5H3. The maximum absolute atomic E-state index is 11.4. The predicted octanol–water partition coefficient (Wildman–Crippen LogP) is 0.918. The maximum atomic E-state index is 11.4. The molecule has 1 aliphatic heterocycles. The van der Waals surface area contributed by atoms with Gasteiger partial charge >= 0.3 is 0 Å². The smallest absolute Gasteiger partial charge is 0.112 e. The molecule has 24 heavy (non-hydrogen) atoms. The van der Waals surface area contributed by atoms with Crippen LogP contribution in [0, 0.1) is 9.81 Å². The summed E-state index contributed by atoms with van der Waals surface area (Å²) in [7, 11) is 1.94. The Morgan fingerprint density at radius 1 is 1.00 bits per heavy atom. The maximum Gasteiger partial charge on any atom is 0.112 e. The molecule has 140 valence electrons. The molecule has 0 radical (unpaired) electrons. The second-order valence-electron chi connectivity index (χ2n) is 7.72. The van der Waals surface area contributed by atoms with Gasteiger partial charge in [-0.05, 0) is 34.7 Å². The number of nitroso groups, excluding NO2 is 2. The number of nitrogens with one attached hydrogen (secondary N) is 3. The Labute approximate surface area is 145 Å². The predicted molar refractivity (Wildman–Crippen MR) is 98.3 cm³/mol. The van der Waals surface area contributed by atoms with Crippen molar-refractivity contribution in [3.05, 3.63) is 9.81 Å². The van der Waals surface area contributed by atoms with Gasteiger partial charge < -0.3 is 16.0 Å². The van der Waals surface area contributed by atoms with Gasteiger partial charge in [0.1, 0.15) is 12.1 Å². The Kier molecular flexibility index (Phi) is 8.35. The Morgan fingerprint density at radius 2 is 1.46 bits per heavy atom. The first-order valence-electron chi connectivity index (χ1n) is 8.78. The molecular formula is C16H34N6O2. The van der Waals surface area contributed by atoms with Crippen molar-refractivity contribution in [3.63, 3.8) is 0 Å². The van der Waals surface area contributed by atoms with Gasteiger partial charge in [0, 0.05) is 56.8 Å². The first-order chi connectivity index (χ1) is 11.3. The van der Waals surface area contributed by atoms with Crippen molar-refractivity contribution >= 4 is 0 Å². The minimum absolute atomic E-state index is 0.344. The normalized spacial score (nSPS) is 29.2. The van der Waals surface area contributed by atoms with E-state index in [1.165, 1.54) is 0 Å². The van der Waals surface area contributed by atoms with E-state index in [0.717, 1.165) is 39.3 Å². The summed E-state index contributed by atoms with van der Waals surface area (Å²) in [5.41, 5.74) is -0.955. The van der Waals surface area contributed by atoms with E-state index in [1.54, 1.807) is 0 Å². The molecule has 0 saturated carbocycles. The molecule has 2 atom stereocenters. The zero-order valence-corrected chi connectivity index (χ0v) is 15.8. The average molecular weight is 342 g/mol. The van der Waals surface area contributed by atoms with Crippen LogP contribution in [0.1, 0.15) is 34.1 Å². The van der Waals surface area contributed by atoms with E-state index in [1.807, 2.05) is 34.7 Å². The molecule has 3 N–H and O–H groups in total. The molecule has 1 fully saturated rings. The Balaban J connectivity index is 2.93. The Hall–Kier alpha value is -0.960. The Morgan fingerprint density at radius 3 is 1.83 bits per heavy atom. The van der Waals surface area contributed by atoms with Gasteiger partial charge in [-0.25, -0.2) is 0 Å². The summed E-state index contributed by atoms with van der Waals surface area (Å²) >= 11 is 0. The zero-order chi connectivity index (χ0) is 18.2. The quantitative estimate of drug-likeness (QED) is 0.643. The molecule has 1 aliphatic rings. The van der Waals surface area contributed by atoms with Gasteiger partial charge in [0.05, 0.1) is 0 Å². The summed E-state index contributed by atoms with van der Waals surface area (Å²) in [4.78, 5) is 25.2. The molecule has 2 unspecified atom stereocenters. The van der Waals surface area contributed by atoms with E-state index in [9.17, 15) is 9.81 Å². The van der Waals surface area contributed by atoms with Crippen LogP contribution in [0.4, 0.5) is 0 Å². The molecule has 0 aromatic carbocycles. The third kappa shape index (κ3) is 6.16. The number of hydrogen-bond acceptors (Lipinski definition) is 8. The van der Waals surface area contributed by atoms with Crippen molar-refractivity contribution < 1.29 is 0 Å². The highest BCUT2D eigenvalue weighted by Crippen LogP contribution is 2.25. The minimum atomic E-state index is -0.508. The number of nitrogens with zero attached hydrogens (tertiary/aromatic N) is 3. The van der Waals surface area contributed by atoms with Crippen LogP contribution in [0.3, 0.4) is 0 Å². The van der Waals surface area contributed by atoms with Crippen molar-refractivity contribution in [1.82, 2.24) is 20.9 Å². The molecule has 1 rings (SSSR count). The van der Waals surface area contributed by atoms with Gasteiger partial charge in [0.2, 0.25) is 0 Å². The third-order valence-corrected chi connectivity index (χ3v) is 5.06. The van der Waals surface area contributed by atoms with Gasteiger partial charge in [-0.15, -0.1) is 0 Å². The van der Waals surface area contributed by atoms with Crippen molar-refractivity contribution in [2.45, 2.75) is 57.3 Å². The third-order valence-electron chi connectivity index (χ3n) is 5.06. The van der Waals surface area contributed by atoms with Crippen LogP contribution >= 0.6 is 0 Å². The van der Waals surface area contributed by atoms with Crippen molar-refractivity contribution in [2.75, 3.05) is 46.3 Å². The molecule has 0 aliphatic carbocycles. The summed E-state index contributed by atoms with van der Waals surface area (Å²) in [6.07, 6.45) is 0.344. The highest BCUT2D eigenvalue weighted by atomic mass is 16.3. The van der Waals surface area contributed by atoms with Crippen LogP contribution < -0.4 is 16.0 Å². The van der Waals surface area contributed by atoms with Crippen molar-refractivity contribution in [3.8, 4) is 0 Å². The molecular weight excluding hydrogens is 308 g/mol. The first-order valence-corrected chi connectivity index (χ1v) is 8.78. The highest BCUT2D eigenvalue weighted by molar-refractivity contribution is 5.00. The molecule has 8 heteroatoms. The molecule has 0 aromatic heterocycles. The van der Waals surface area contributed by atoms with Gasteiger partial charge in [-0.1, -0.05) is 10.4 Å². The van der Waals surface area contributed by atoms with Crippen molar-refractivity contribution in [2.24, 2.45) is 10.4 Å². The average Bonchev–Trinajstić information content (AvgIpc) is 2.51. The van der Waals surface area contributed by atoms with Crippen LogP contribution in [-0.2, 0) is 0 Å². The fourth-order valence-electron chi connectivity index (χ4n) is 3.06. The van der Waals surface area contributed by atoms with E-state index in [2.05, 4.69) is 31.2 Å². The fourth-order valence-corrected chi connectivity index (χ4v) is 3.06. The van der Waals surface area contributed by atoms with Crippen LogP contribution in [0.25, 0.3) is 0 Å². The van der Waals surface area contributed by atoms with E-state index in [-0.39, 0.29) is 0 Å². The van der Waals surface area contributed by atoms with Gasteiger partial charge in [-0.2, -0.15) is 9.81 Å². The topological polar surface area (TPSA) is 98.2 Å². The summed E-state index contributed by atoms with van der Waals surface area (Å²) in [6.45, 7) is 13.1. The van der Waals surface area contributed by atoms with Crippen LogP contribution in [-0.4, -0.2) is 74.4 Å². The lowest BCUT2D eigenvalue weighted by atomic mass is 9.83. The monoisotopic (exact) mass is 342 g/mol. The second-order valence-corrected chi connectivity index (χ2v) is 7.72. The summed E-state index contributed by atoms with van der Waals surface area (Å²) in [5.74, 6) is 0. The van der Waals surface area contributed by atoms with E-state index in [4.69, 9.17) is 0 Å². The molecule has 0 bridgehead atoms. The number of hydrogen-bond donors (Lipinski definition) is 3. The lowest BCUT2D eigenvalue weighted by Gasteiger charge is -2.38. The molecule has 1 heterocycles. The zero-order valence-electron chi connectivity index (χ0n) is 15.8. The first kappa shape index (κ1) is 21.1. The largest absolute Gasteiger partial charge is 0.318 e.